The number of Topliss-reactive ketones (excluding diaryl/α,β-unsaturated/α-hetero) is 1. The molecule has 0 aliphatic rings. The van der Waals surface area contributed by atoms with Gasteiger partial charge in [0.25, 0.3) is 11.6 Å². The zero-order chi connectivity index (χ0) is 22.3. The number of non-ortho nitro benzene ring substituents is 1. The third-order valence-corrected chi connectivity index (χ3v) is 4.64. The first-order valence-electron chi connectivity index (χ1n) is 9.62. The van der Waals surface area contributed by atoms with Gasteiger partial charge in [0.15, 0.2) is 6.61 Å². The number of aromatic nitrogens is 1. The summed E-state index contributed by atoms with van der Waals surface area (Å²) in [6.45, 7) is 6.34. The Bertz CT molecular complexity index is 946. The Morgan fingerprint density at radius 2 is 1.83 bits per heavy atom. The third-order valence-electron chi connectivity index (χ3n) is 4.64. The second kappa shape index (κ2) is 10.3. The van der Waals surface area contributed by atoms with Crippen LogP contribution < -0.4 is 5.32 Å². The molecule has 0 fully saturated rings. The minimum absolute atomic E-state index is 0.0217. The minimum Gasteiger partial charge on any atom is -0.457 e. The molecular formula is C21H25N3O6. The molecule has 1 N–H and O–H groups in total. The molecule has 9 nitrogen and oxygen atoms in total. The van der Waals surface area contributed by atoms with E-state index >= 15 is 0 Å². The molecule has 0 aliphatic heterocycles. The van der Waals surface area contributed by atoms with Gasteiger partial charge in [-0.25, -0.2) is 0 Å². The predicted octanol–water partition coefficient (Wildman–Crippen LogP) is 2.97. The van der Waals surface area contributed by atoms with Crippen LogP contribution in [0, 0.1) is 24.0 Å². The van der Waals surface area contributed by atoms with Crippen LogP contribution >= 0.6 is 0 Å². The number of nitro benzene ring substituents is 1. The van der Waals surface area contributed by atoms with Crippen molar-refractivity contribution in [3.8, 4) is 0 Å². The van der Waals surface area contributed by atoms with Gasteiger partial charge in [-0.2, -0.15) is 0 Å². The summed E-state index contributed by atoms with van der Waals surface area (Å²) < 4.78 is 7.09. The average Bonchev–Trinajstić information content (AvgIpc) is 3.00. The number of carbonyl (C=O) groups is 3. The molecule has 0 saturated carbocycles. The average molecular weight is 415 g/mol. The monoisotopic (exact) mass is 415 g/mol. The standard InChI is InChI=1S/C21H25N3O6/c1-4-11-23-14(2)12-18(15(23)3)19(25)13-30-20(26)9-10-22-21(27)16-5-7-17(8-6-16)24(28)29/h5-8,12H,4,9-11,13H2,1-3H3,(H,22,27). The lowest BCUT2D eigenvalue weighted by molar-refractivity contribution is -0.384. The molecule has 0 radical (unpaired) electrons. The Morgan fingerprint density at radius 3 is 2.43 bits per heavy atom. The Morgan fingerprint density at radius 1 is 1.17 bits per heavy atom. The number of ketones is 1. The lowest BCUT2D eigenvalue weighted by Gasteiger charge is -2.08. The maximum absolute atomic E-state index is 12.4. The van der Waals surface area contributed by atoms with Crippen LogP contribution in [0.4, 0.5) is 5.69 Å². The van der Waals surface area contributed by atoms with Crippen molar-refractivity contribution in [2.75, 3.05) is 13.2 Å². The maximum atomic E-state index is 12.4. The highest BCUT2D eigenvalue weighted by molar-refractivity contribution is 5.99. The van der Waals surface area contributed by atoms with Crippen molar-refractivity contribution in [1.29, 1.82) is 0 Å². The van der Waals surface area contributed by atoms with E-state index in [1.165, 1.54) is 24.3 Å². The number of nitrogens with zero attached hydrogens (tertiary/aromatic N) is 2. The van der Waals surface area contributed by atoms with Crippen LogP contribution in [-0.4, -0.2) is 40.3 Å². The first-order chi connectivity index (χ1) is 14.2. The van der Waals surface area contributed by atoms with Crippen molar-refractivity contribution in [1.82, 2.24) is 9.88 Å². The fraction of sp³-hybridized carbons (Fsp3) is 0.381. The third kappa shape index (κ3) is 5.76. The molecule has 1 amide bonds. The second-order valence-corrected chi connectivity index (χ2v) is 6.83. The van der Waals surface area contributed by atoms with Gasteiger partial charge in [0.05, 0.1) is 11.3 Å². The molecule has 1 heterocycles. The fourth-order valence-electron chi connectivity index (χ4n) is 3.06. The maximum Gasteiger partial charge on any atom is 0.308 e. The van der Waals surface area contributed by atoms with Gasteiger partial charge in [0, 0.05) is 47.7 Å². The molecule has 0 saturated heterocycles. The normalized spacial score (nSPS) is 10.5. The van der Waals surface area contributed by atoms with Gasteiger partial charge in [-0.05, 0) is 38.5 Å². The molecular weight excluding hydrogens is 390 g/mol. The highest BCUT2D eigenvalue weighted by Crippen LogP contribution is 2.16. The number of hydrogen-bond acceptors (Lipinski definition) is 6. The Balaban J connectivity index is 1.78. The van der Waals surface area contributed by atoms with E-state index < -0.39 is 16.8 Å². The summed E-state index contributed by atoms with van der Waals surface area (Å²) in [5.74, 6) is -1.33. The van der Waals surface area contributed by atoms with Crippen molar-refractivity contribution in [2.45, 2.75) is 40.2 Å². The number of aryl methyl sites for hydroxylation is 1. The molecule has 2 rings (SSSR count). The highest BCUT2D eigenvalue weighted by Gasteiger charge is 2.17. The zero-order valence-electron chi connectivity index (χ0n) is 17.3. The lowest BCUT2D eigenvalue weighted by atomic mass is 10.1. The van der Waals surface area contributed by atoms with E-state index in [4.69, 9.17) is 4.74 Å². The summed E-state index contributed by atoms with van der Waals surface area (Å²) in [5, 5.41) is 13.2. The minimum atomic E-state index is -0.602. The van der Waals surface area contributed by atoms with E-state index in [1.54, 1.807) is 6.07 Å². The van der Waals surface area contributed by atoms with Gasteiger partial charge in [-0.1, -0.05) is 6.92 Å². The molecule has 2 aromatic rings. The van der Waals surface area contributed by atoms with Gasteiger partial charge in [-0.3, -0.25) is 24.5 Å². The molecule has 9 heteroatoms. The number of ether oxygens (including phenoxy) is 1. The molecule has 1 aromatic heterocycles. The molecule has 30 heavy (non-hydrogen) atoms. The second-order valence-electron chi connectivity index (χ2n) is 6.83. The van der Waals surface area contributed by atoms with E-state index in [0.717, 1.165) is 24.4 Å². The molecule has 0 bridgehead atoms. The number of nitro groups is 1. The summed E-state index contributed by atoms with van der Waals surface area (Å²) in [5.41, 5.74) is 2.51. The number of carbonyl (C=O) groups excluding carboxylic acids is 3. The van der Waals surface area contributed by atoms with Crippen LogP contribution in [0.5, 0.6) is 0 Å². The number of hydrogen-bond donors (Lipinski definition) is 1. The number of esters is 1. The summed E-state index contributed by atoms with van der Waals surface area (Å²) >= 11 is 0. The molecule has 160 valence electrons. The van der Waals surface area contributed by atoms with E-state index in [9.17, 15) is 24.5 Å². The van der Waals surface area contributed by atoms with Crippen molar-refractivity contribution in [3.05, 3.63) is 63.0 Å². The summed E-state index contributed by atoms with van der Waals surface area (Å²) in [4.78, 5) is 46.3. The lowest BCUT2D eigenvalue weighted by Crippen LogP contribution is -2.27. The smallest absolute Gasteiger partial charge is 0.308 e. The largest absolute Gasteiger partial charge is 0.457 e. The fourth-order valence-corrected chi connectivity index (χ4v) is 3.06. The van der Waals surface area contributed by atoms with Crippen LogP contribution in [0.2, 0.25) is 0 Å². The number of nitrogens with one attached hydrogen (secondary N) is 1. The summed E-state index contributed by atoms with van der Waals surface area (Å²) in [6.07, 6.45) is 0.853. The van der Waals surface area contributed by atoms with E-state index in [0.29, 0.717) is 5.56 Å². The molecule has 0 atom stereocenters. The van der Waals surface area contributed by atoms with Gasteiger partial charge >= 0.3 is 5.97 Å². The van der Waals surface area contributed by atoms with E-state index in [-0.39, 0.29) is 36.6 Å². The van der Waals surface area contributed by atoms with Crippen molar-refractivity contribution in [2.24, 2.45) is 0 Å². The molecule has 0 spiro atoms. The number of rotatable bonds is 10. The van der Waals surface area contributed by atoms with Gasteiger partial charge in [0.1, 0.15) is 0 Å². The Labute approximate surface area is 174 Å². The predicted molar refractivity (Wildman–Crippen MR) is 110 cm³/mol. The van der Waals surface area contributed by atoms with E-state index in [2.05, 4.69) is 16.8 Å². The topological polar surface area (TPSA) is 121 Å². The Kier molecular flexibility index (Phi) is 7.85. The Hall–Kier alpha value is -3.49. The first-order valence-corrected chi connectivity index (χ1v) is 9.62. The van der Waals surface area contributed by atoms with Crippen LogP contribution in [0.1, 0.15) is 51.9 Å². The van der Waals surface area contributed by atoms with Crippen molar-refractivity contribution < 1.29 is 24.0 Å². The van der Waals surface area contributed by atoms with Crippen molar-refractivity contribution >= 4 is 23.3 Å². The van der Waals surface area contributed by atoms with E-state index in [1.807, 2.05) is 13.8 Å². The summed E-state index contributed by atoms with van der Waals surface area (Å²) in [6, 6.07) is 6.92. The SMILES string of the molecule is CCCn1c(C)cc(C(=O)COC(=O)CCNC(=O)c2ccc([N+](=O)[O-])cc2)c1C. The van der Waals surface area contributed by atoms with Gasteiger partial charge < -0.3 is 14.6 Å². The first kappa shape index (κ1) is 22.8. The molecule has 0 aliphatic carbocycles. The number of amides is 1. The van der Waals surface area contributed by atoms with Crippen molar-refractivity contribution in [3.63, 3.8) is 0 Å². The molecule has 0 unspecified atom stereocenters. The van der Waals surface area contributed by atoms with Crippen LogP contribution in [0.3, 0.4) is 0 Å². The highest BCUT2D eigenvalue weighted by atomic mass is 16.6. The number of benzene rings is 1. The quantitative estimate of drug-likeness (QED) is 0.276. The van der Waals surface area contributed by atoms with Gasteiger partial charge in [0.2, 0.25) is 5.78 Å². The summed E-state index contributed by atoms with van der Waals surface area (Å²) in [7, 11) is 0. The van der Waals surface area contributed by atoms with Crippen LogP contribution in [0.25, 0.3) is 0 Å². The zero-order valence-corrected chi connectivity index (χ0v) is 17.3. The molecule has 1 aromatic carbocycles. The van der Waals surface area contributed by atoms with Crippen LogP contribution in [-0.2, 0) is 16.1 Å². The van der Waals surface area contributed by atoms with Gasteiger partial charge in [-0.15, -0.1) is 0 Å². The van der Waals surface area contributed by atoms with Crippen LogP contribution in [0.15, 0.2) is 30.3 Å².